The van der Waals surface area contributed by atoms with E-state index in [-0.39, 0.29) is 12.3 Å². The molecule has 24 heavy (non-hydrogen) atoms. The smallest absolute Gasteiger partial charge is 0.326 e. The van der Waals surface area contributed by atoms with E-state index in [1.54, 1.807) is 30.0 Å². The first-order valence-corrected chi connectivity index (χ1v) is 9.94. The summed E-state index contributed by atoms with van der Waals surface area (Å²) in [5.74, 6) is 1.02. The molecule has 1 amide bonds. The summed E-state index contributed by atoms with van der Waals surface area (Å²) in [5, 5.41) is 12.3. The maximum Gasteiger partial charge on any atom is 0.326 e. The van der Waals surface area contributed by atoms with Crippen LogP contribution in [0, 0.1) is 0 Å². The Labute approximate surface area is 159 Å². The van der Waals surface area contributed by atoms with E-state index in [4.69, 9.17) is 21.4 Å². The molecule has 0 aliphatic heterocycles. The van der Waals surface area contributed by atoms with E-state index < -0.39 is 12.0 Å². The van der Waals surface area contributed by atoms with Crippen molar-refractivity contribution in [3.63, 3.8) is 0 Å². The zero-order chi connectivity index (χ0) is 17.9. The lowest BCUT2D eigenvalue weighted by Gasteiger charge is -2.14. The fourth-order valence-corrected chi connectivity index (χ4v) is 3.36. The average Bonchev–Trinajstić information content (AvgIpc) is 2.52. The summed E-state index contributed by atoms with van der Waals surface area (Å²) in [6.07, 6.45) is 1.14. The van der Waals surface area contributed by atoms with Gasteiger partial charge in [0, 0.05) is 11.4 Å². The minimum absolute atomic E-state index is 0.218. The minimum atomic E-state index is -0.999. The second kappa shape index (κ2) is 11.6. The lowest BCUT2D eigenvalue weighted by molar-refractivity contribution is -0.141. The number of carbonyl (C=O) groups is 2. The minimum Gasteiger partial charge on any atom is -0.492 e. The number of rotatable bonds is 11. The summed E-state index contributed by atoms with van der Waals surface area (Å²) >= 11 is 10.9. The van der Waals surface area contributed by atoms with Crippen LogP contribution in [0.25, 0.3) is 0 Å². The summed E-state index contributed by atoms with van der Waals surface area (Å²) in [6, 6.07) is 4.37. The second-order valence-electron chi connectivity index (χ2n) is 4.97. The molecule has 5 nitrogen and oxygen atoms in total. The van der Waals surface area contributed by atoms with Crippen LogP contribution < -0.4 is 10.1 Å². The van der Waals surface area contributed by atoms with Gasteiger partial charge < -0.3 is 15.2 Å². The van der Waals surface area contributed by atoms with Crippen molar-refractivity contribution in [1.82, 2.24) is 5.32 Å². The maximum absolute atomic E-state index is 11.9. The Balaban J connectivity index is 2.30. The first-order valence-electron chi connectivity index (χ1n) is 7.61. The van der Waals surface area contributed by atoms with Gasteiger partial charge in [0.15, 0.2) is 0 Å². The quantitative estimate of drug-likeness (QED) is 0.511. The number of carboxylic acids is 1. The predicted octanol–water partition coefficient (Wildman–Crippen LogP) is 3.97. The fourth-order valence-electron chi connectivity index (χ4n) is 1.88. The van der Waals surface area contributed by atoms with Gasteiger partial charge >= 0.3 is 5.97 Å². The van der Waals surface area contributed by atoms with Gasteiger partial charge in [0.25, 0.3) is 0 Å². The van der Waals surface area contributed by atoms with E-state index >= 15 is 0 Å². The second-order valence-corrected chi connectivity index (χ2v) is 7.66. The Bertz CT molecular complexity index is 559. The maximum atomic E-state index is 11.9. The van der Waals surface area contributed by atoms with E-state index in [2.05, 4.69) is 21.2 Å². The highest BCUT2D eigenvalue weighted by atomic mass is 79.9. The van der Waals surface area contributed by atoms with Crippen LogP contribution in [0.1, 0.15) is 26.2 Å². The third-order valence-electron chi connectivity index (χ3n) is 3.09. The number of halogens is 2. The van der Waals surface area contributed by atoms with Crippen LogP contribution in [-0.4, -0.2) is 41.1 Å². The molecule has 1 atom stereocenters. The summed E-state index contributed by atoms with van der Waals surface area (Å²) in [7, 11) is 0. The molecule has 134 valence electrons. The van der Waals surface area contributed by atoms with Crippen molar-refractivity contribution in [1.29, 1.82) is 0 Å². The van der Waals surface area contributed by atoms with E-state index in [9.17, 15) is 9.59 Å². The van der Waals surface area contributed by atoms with Crippen molar-refractivity contribution < 1.29 is 19.4 Å². The molecule has 1 unspecified atom stereocenters. The standard InChI is InChI=1S/C16H21BrClNO4S/c1-2-24-9-7-13(16(21)22)19-15(20)4-3-8-23-14-6-5-11(18)10-12(14)17/h5-6,10,13H,2-4,7-9H2,1H3,(H,19,20)(H,21,22). The number of nitrogens with one attached hydrogen (secondary N) is 1. The van der Waals surface area contributed by atoms with Crippen LogP contribution in [0.5, 0.6) is 5.75 Å². The van der Waals surface area contributed by atoms with Gasteiger partial charge in [0.05, 0.1) is 11.1 Å². The Morgan fingerprint density at radius 1 is 1.46 bits per heavy atom. The van der Waals surface area contributed by atoms with E-state index in [1.807, 2.05) is 6.92 Å². The van der Waals surface area contributed by atoms with Crippen LogP contribution >= 0.6 is 39.3 Å². The van der Waals surface area contributed by atoms with Crippen molar-refractivity contribution in [2.45, 2.75) is 32.2 Å². The summed E-state index contributed by atoms with van der Waals surface area (Å²) in [4.78, 5) is 23.0. The van der Waals surface area contributed by atoms with Gasteiger partial charge in [-0.2, -0.15) is 11.8 Å². The highest BCUT2D eigenvalue weighted by Gasteiger charge is 2.19. The number of benzene rings is 1. The fraction of sp³-hybridized carbons (Fsp3) is 0.500. The van der Waals surface area contributed by atoms with E-state index in [1.165, 1.54) is 0 Å². The van der Waals surface area contributed by atoms with E-state index in [0.717, 1.165) is 10.2 Å². The Hall–Kier alpha value is -0.920. The van der Waals surface area contributed by atoms with Crippen LogP contribution in [0.3, 0.4) is 0 Å². The highest BCUT2D eigenvalue weighted by molar-refractivity contribution is 9.10. The molecular weight excluding hydrogens is 418 g/mol. The highest BCUT2D eigenvalue weighted by Crippen LogP contribution is 2.28. The summed E-state index contributed by atoms with van der Waals surface area (Å²) in [5.41, 5.74) is 0. The van der Waals surface area contributed by atoms with Crippen molar-refractivity contribution in [2.24, 2.45) is 0 Å². The summed E-state index contributed by atoms with van der Waals surface area (Å²) in [6.45, 7) is 2.37. The van der Waals surface area contributed by atoms with Crippen LogP contribution in [0.15, 0.2) is 22.7 Å². The van der Waals surface area contributed by atoms with Crippen molar-refractivity contribution in [2.75, 3.05) is 18.1 Å². The lowest BCUT2D eigenvalue weighted by Crippen LogP contribution is -2.41. The molecule has 0 bridgehead atoms. The summed E-state index contributed by atoms with van der Waals surface area (Å²) < 4.78 is 6.32. The number of aliphatic carboxylic acids is 1. The van der Waals surface area contributed by atoms with Crippen molar-refractivity contribution in [3.8, 4) is 5.75 Å². The number of carboxylic acid groups (broad SMARTS) is 1. The van der Waals surface area contributed by atoms with Gasteiger partial charge in [-0.05, 0) is 58.5 Å². The molecule has 0 spiro atoms. The van der Waals surface area contributed by atoms with Gasteiger partial charge in [-0.25, -0.2) is 4.79 Å². The van der Waals surface area contributed by atoms with Gasteiger partial charge in [-0.3, -0.25) is 4.79 Å². The number of hydrogen-bond acceptors (Lipinski definition) is 4. The first-order chi connectivity index (χ1) is 11.4. The van der Waals surface area contributed by atoms with Gasteiger partial charge in [0.2, 0.25) is 5.91 Å². The number of ether oxygens (including phenoxy) is 1. The molecule has 1 aromatic carbocycles. The molecule has 0 saturated carbocycles. The molecule has 0 heterocycles. The molecular formula is C16H21BrClNO4S. The van der Waals surface area contributed by atoms with Crippen LogP contribution in [0.2, 0.25) is 5.02 Å². The van der Waals surface area contributed by atoms with Gasteiger partial charge in [0.1, 0.15) is 11.8 Å². The third kappa shape index (κ3) is 8.26. The number of amides is 1. The SMILES string of the molecule is CCSCCC(NC(=O)CCCOc1ccc(Cl)cc1Br)C(=O)O. The topological polar surface area (TPSA) is 75.6 Å². The first kappa shape index (κ1) is 21.1. The zero-order valence-electron chi connectivity index (χ0n) is 13.4. The molecule has 0 saturated heterocycles. The number of carbonyl (C=O) groups excluding carboxylic acids is 1. The monoisotopic (exact) mass is 437 g/mol. The zero-order valence-corrected chi connectivity index (χ0v) is 16.5. The Kier molecular flexibility index (Phi) is 10.2. The molecule has 1 rings (SSSR count). The average molecular weight is 439 g/mol. The Morgan fingerprint density at radius 2 is 2.21 bits per heavy atom. The molecule has 8 heteroatoms. The third-order valence-corrected chi connectivity index (χ3v) is 4.88. The number of thioether (sulfide) groups is 1. The van der Waals surface area contributed by atoms with Crippen LogP contribution in [0.4, 0.5) is 0 Å². The number of hydrogen-bond donors (Lipinski definition) is 2. The molecule has 0 aliphatic rings. The van der Waals surface area contributed by atoms with Crippen LogP contribution in [-0.2, 0) is 9.59 Å². The predicted molar refractivity (Wildman–Crippen MR) is 101 cm³/mol. The van der Waals surface area contributed by atoms with Gasteiger partial charge in [-0.1, -0.05) is 18.5 Å². The lowest BCUT2D eigenvalue weighted by atomic mass is 10.2. The van der Waals surface area contributed by atoms with Gasteiger partial charge in [-0.15, -0.1) is 0 Å². The molecule has 2 N–H and O–H groups in total. The van der Waals surface area contributed by atoms with Crippen molar-refractivity contribution >= 4 is 51.2 Å². The normalized spacial score (nSPS) is 11.8. The molecule has 0 aliphatic carbocycles. The van der Waals surface area contributed by atoms with Crippen molar-refractivity contribution in [3.05, 3.63) is 27.7 Å². The largest absolute Gasteiger partial charge is 0.492 e. The Morgan fingerprint density at radius 3 is 2.83 bits per heavy atom. The molecule has 0 fully saturated rings. The molecule has 0 aromatic heterocycles. The van der Waals surface area contributed by atoms with E-state index in [0.29, 0.717) is 36.0 Å². The molecule has 0 radical (unpaired) electrons. The molecule has 1 aromatic rings.